The summed E-state index contributed by atoms with van der Waals surface area (Å²) >= 11 is 5.96. The van der Waals surface area contributed by atoms with E-state index < -0.39 is 0 Å². The number of aliphatic hydroxyl groups excluding tert-OH is 1. The highest BCUT2D eigenvalue weighted by atomic mass is 35.5. The average molecular weight is 399 g/mol. The number of hydrogen-bond donors (Lipinski definition) is 3. The lowest BCUT2D eigenvalue weighted by molar-refractivity contribution is 0.191. The van der Waals surface area contributed by atoms with Crippen LogP contribution in [0.5, 0.6) is 5.75 Å². The molecule has 0 spiro atoms. The van der Waals surface area contributed by atoms with Gasteiger partial charge in [-0.1, -0.05) is 54.1 Å². The van der Waals surface area contributed by atoms with E-state index in [1.165, 1.54) is 10.8 Å². The van der Waals surface area contributed by atoms with Gasteiger partial charge in [-0.3, -0.25) is 0 Å². The Hall–Kier alpha value is -2.11. The summed E-state index contributed by atoms with van der Waals surface area (Å²) in [7, 11) is 0. The molecule has 0 aliphatic rings. The zero-order chi connectivity index (χ0) is 19.8. The molecule has 3 N–H and O–H groups in total. The first-order valence-corrected chi connectivity index (χ1v) is 9.98. The van der Waals surface area contributed by atoms with Crippen molar-refractivity contribution in [3.63, 3.8) is 0 Å². The van der Waals surface area contributed by atoms with E-state index in [1.54, 1.807) is 6.92 Å². The summed E-state index contributed by atoms with van der Waals surface area (Å²) in [5.74, 6) is 0.887. The number of aliphatic hydroxyl groups is 1. The predicted molar refractivity (Wildman–Crippen MR) is 116 cm³/mol. The quantitative estimate of drug-likeness (QED) is 0.449. The van der Waals surface area contributed by atoms with Gasteiger partial charge < -0.3 is 20.5 Å². The molecule has 148 valence electrons. The number of nitrogens with one attached hydrogen (secondary N) is 2. The topological polar surface area (TPSA) is 53.5 Å². The number of hydrogen-bond acceptors (Lipinski definition) is 4. The summed E-state index contributed by atoms with van der Waals surface area (Å²) in [5.41, 5.74) is 2.24. The predicted octanol–water partition coefficient (Wildman–Crippen LogP) is 4.13. The van der Waals surface area contributed by atoms with Crippen LogP contribution in [0.15, 0.2) is 60.7 Å². The molecule has 0 aromatic heterocycles. The smallest absolute Gasteiger partial charge is 0.124 e. The van der Waals surface area contributed by atoms with Gasteiger partial charge in [0, 0.05) is 36.8 Å². The molecule has 0 amide bonds. The maximum atomic E-state index is 9.30. The molecule has 1 unspecified atom stereocenters. The van der Waals surface area contributed by atoms with E-state index in [2.05, 4.69) is 34.9 Å². The van der Waals surface area contributed by atoms with Gasteiger partial charge in [-0.25, -0.2) is 0 Å². The van der Waals surface area contributed by atoms with E-state index in [0.717, 1.165) is 35.0 Å². The molecule has 3 aromatic carbocycles. The van der Waals surface area contributed by atoms with Crippen LogP contribution in [-0.2, 0) is 13.2 Å². The van der Waals surface area contributed by atoms with Gasteiger partial charge in [-0.05, 0) is 41.5 Å². The van der Waals surface area contributed by atoms with Crippen molar-refractivity contribution in [1.29, 1.82) is 0 Å². The first-order chi connectivity index (χ1) is 13.6. The van der Waals surface area contributed by atoms with Crippen LogP contribution in [0.4, 0.5) is 0 Å². The van der Waals surface area contributed by atoms with E-state index in [9.17, 15) is 5.11 Å². The molecule has 3 aromatic rings. The summed E-state index contributed by atoms with van der Waals surface area (Å²) in [6.07, 6.45) is -0.328. The van der Waals surface area contributed by atoms with E-state index in [4.69, 9.17) is 16.3 Å². The van der Waals surface area contributed by atoms with E-state index in [-0.39, 0.29) is 6.10 Å². The van der Waals surface area contributed by atoms with Crippen LogP contribution in [0.25, 0.3) is 10.8 Å². The number of benzene rings is 3. The van der Waals surface area contributed by atoms with Gasteiger partial charge in [0.1, 0.15) is 12.4 Å². The molecule has 0 saturated carbocycles. The van der Waals surface area contributed by atoms with Crippen LogP contribution in [0.1, 0.15) is 18.1 Å². The molecule has 1 atom stereocenters. The molecular formula is C23H27ClN2O2. The highest BCUT2D eigenvalue weighted by molar-refractivity contribution is 6.30. The Morgan fingerprint density at radius 3 is 2.50 bits per heavy atom. The van der Waals surface area contributed by atoms with Gasteiger partial charge in [-0.2, -0.15) is 0 Å². The van der Waals surface area contributed by atoms with E-state index >= 15 is 0 Å². The van der Waals surface area contributed by atoms with Crippen LogP contribution in [0, 0.1) is 0 Å². The van der Waals surface area contributed by atoms with Crippen LogP contribution in [0.2, 0.25) is 5.02 Å². The van der Waals surface area contributed by atoms with Crippen molar-refractivity contribution in [2.45, 2.75) is 26.2 Å². The Morgan fingerprint density at radius 2 is 1.71 bits per heavy atom. The van der Waals surface area contributed by atoms with Crippen molar-refractivity contribution in [3.8, 4) is 5.75 Å². The Morgan fingerprint density at radius 1 is 0.964 bits per heavy atom. The standard InChI is InChI=1S/C23H27ClN2O2/c1-17(27)14-25-12-13-26-15-22-21-5-3-2-4-19(21)8-11-23(22)28-16-18-6-9-20(24)10-7-18/h2-11,17,25-27H,12-16H2,1H3. The second-order valence-electron chi connectivity index (χ2n) is 6.91. The summed E-state index contributed by atoms with van der Waals surface area (Å²) < 4.78 is 6.15. The molecule has 0 aliphatic carbocycles. The van der Waals surface area contributed by atoms with Gasteiger partial charge in [0.05, 0.1) is 6.10 Å². The number of ether oxygens (including phenoxy) is 1. The molecule has 0 fully saturated rings. The molecule has 0 radical (unpaired) electrons. The first-order valence-electron chi connectivity index (χ1n) is 9.61. The molecule has 0 saturated heterocycles. The van der Waals surface area contributed by atoms with Gasteiger partial charge in [0.2, 0.25) is 0 Å². The third-order valence-electron chi connectivity index (χ3n) is 4.53. The van der Waals surface area contributed by atoms with Crippen LogP contribution in [-0.4, -0.2) is 30.8 Å². The third kappa shape index (κ3) is 5.94. The number of fused-ring (bicyclic) bond motifs is 1. The summed E-state index contributed by atoms with van der Waals surface area (Å²) in [6.45, 7) is 5.21. The van der Waals surface area contributed by atoms with E-state index in [1.807, 2.05) is 36.4 Å². The Bertz CT molecular complexity index is 881. The van der Waals surface area contributed by atoms with Gasteiger partial charge in [-0.15, -0.1) is 0 Å². The lowest BCUT2D eigenvalue weighted by atomic mass is 10.0. The zero-order valence-corrected chi connectivity index (χ0v) is 16.9. The Labute approximate surface area is 171 Å². The SMILES string of the molecule is CC(O)CNCCNCc1c(OCc2ccc(Cl)cc2)ccc2ccccc12. The minimum absolute atomic E-state index is 0.328. The monoisotopic (exact) mass is 398 g/mol. The highest BCUT2D eigenvalue weighted by Crippen LogP contribution is 2.29. The second-order valence-corrected chi connectivity index (χ2v) is 7.34. The van der Waals surface area contributed by atoms with Crippen molar-refractivity contribution in [2.75, 3.05) is 19.6 Å². The molecule has 4 nitrogen and oxygen atoms in total. The minimum Gasteiger partial charge on any atom is -0.489 e. The molecule has 0 aliphatic heterocycles. The van der Waals surface area contributed by atoms with Gasteiger partial charge >= 0.3 is 0 Å². The summed E-state index contributed by atoms with van der Waals surface area (Å²) in [4.78, 5) is 0. The molecule has 0 heterocycles. The molecule has 3 rings (SSSR count). The summed E-state index contributed by atoms with van der Waals surface area (Å²) in [5, 5.41) is 19.1. The molecular weight excluding hydrogens is 372 g/mol. The fourth-order valence-corrected chi connectivity index (χ4v) is 3.20. The molecule has 0 bridgehead atoms. The van der Waals surface area contributed by atoms with Crippen LogP contribution in [0.3, 0.4) is 0 Å². The zero-order valence-electron chi connectivity index (χ0n) is 16.1. The third-order valence-corrected chi connectivity index (χ3v) is 4.78. The second kappa shape index (κ2) is 10.4. The fraction of sp³-hybridized carbons (Fsp3) is 0.304. The van der Waals surface area contributed by atoms with Crippen LogP contribution < -0.4 is 15.4 Å². The largest absolute Gasteiger partial charge is 0.489 e. The highest BCUT2D eigenvalue weighted by Gasteiger charge is 2.09. The van der Waals surface area contributed by atoms with Crippen molar-refractivity contribution < 1.29 is 9.84 Å². The van der Waals surface area contributed by atoms with Gasteiger partial charge in [0.25, 0.3) is 0 Å². The fourth-order valence-electron chi connectivity index (χ4n) is 3.08. The van der Waals surface area contributed by atoms with Gasteiger partial charge in [0.15, 0.2) is 0 Å². The van der Waals surface area contributed by atoms with Crippen molar-refractivity contribution in [2.24, 2.45) is 0 Å². The van der Waals surface area contributed by atoms with Crippen molar-refractivity contribution in [1.82, 2.24) is 10.6 Å². The lowest BCUT2D eigenvalue weighted by Crippen LogP contribution is -2.31. The summed E-state index contributed by atoms with van der Waals surface area (Å²) in [6, 6.07) is 20.2. The maximum absolute atomic E-state index is 9.30. The van der Waals surface area contributed by atoms with Crippen LogP contribution >= 0.6 is 11.6 Å². The minimum atomic E-state index is -0.328. The number of halogens is 1. The number of rotatable bonds is 10. The maximum Gasteiger partial charge on any atom is 0.124 e. The molecule has 28 heavy (non-hydrogen) atoms. The van der Waals surface area contributed by atoms with E-state index in [0.29, 0.717) is 19.7 Å². The normalized spacial score (nSPS) is 12.2. The first kappa shape index (κ1) is 20.6. The van der Waals surface area contributed by atoms with Crippen molar-refractivity contribution in [3.05, 3.63) is 76.8 Å². The van der Waals surface area contributed by atoms with Crippen molar-refractivity contribution >= 4 is 22.4 Å². The average Bonchev–Trinajstić information content (AvgIpc) is 2.70. The Balaban J connectivity index is 1.68. The Kier molecular flexibility index (Phi) is 7.69. The lowest BCUT2D eigenvalue weighted by Gasteiger charge is -2.15. The molecule has 5 heteroatoms.